The summed E-state index contributed by atoms with van der Waals surface area (Å²) in [6, 6.07) is 7.68. The van der Waals surface area contributed by atoms with Crippen LogP contribution < -0.4 is 0 Å². The fourth-order valence-corrected chi connectivity index (χ4v) is 2.09. The van der Waals surface area contributed by atoms with E-state index in [1.165, 1.54) is 6.20 Å². The minimum atomic E-state index is 0.537. The molecule has 0 aliphatic carbocycles. The van der Waals surface area contributed by atoms with Crippen molar-refractivity contribution in [2.24, 2.45) is 0 Å². The van der Waals surface area contributed by atoms with Gasteiger partial charge in [-0.25, -0.2) is 4.68 Å². The van der Waals surface area contributed by atoms with Gasteiger partial charge in [-0.15, -0.1) is 0 Å². The summed E-state index contributed by atoms with van der Waals surface area (Å²) in [6.07, 6.45) is 2.30. The first-order valence-electron chi connectivity index (χ1n) is 4.17. The van der Waals surface area contributed by atoms with Crippen LogP contribution >= 0.6 is 31.9 Å². The van der Waals surface area contributed by atoms with E-state index in [4.69, 9.17) is 0 Å². The molecule has 1 aromatic carbocycles. The van der Waals surface area contributed by atoms with Gasteiger partial charge in [0.1, 0.15) is 4.60 Å². The van der Waals surface area contributed by atoms with Crippen molar-refractivity contribution < 1.29 is 4.79 Å². The van der Waals surface area contributed by atoms with Gasteiger partial charge in [-0.2, -0.15) is 5.10 Å². The highest BCUT2D eigenvalue weighted by molar-refractivity contribution is 9.10. The summed E-state index contributed by atoms with van der Waals surface area (Å²) >= 11 is 6.71. The number of carbonyl (C=O) groups is 1. The first-order chi connectivity index (χ1) is 7.22. The molecular weight excluding hydrogens is 324 g/mol. The smallest absolute Gasteiger partial charge is 0.154 e. The molecule has 2 rings (SSSR count). The maximum absolute atomic E-state index is 10.6. The monoisotopic (exact) mass is 328 g/mol. The number of hydrogen-bond donors (Lipinski definition) is 0. The predicted octanol–water partition coefficient (Wildman–Crippen LogP) is 3.21. The molecule has 1 aromatic heterocycles. The molecule has 3 nitrogen and oxygen atoms in total. The van der Waals surface area contributed by atoms with Gasteiger partial charge in [0.25, 0.3) is 0 Å². The molecule has 0 radical (unpaired) electrons. The van der Waals surface area contributed by atoms with E-state index in [9.17, 15) is 4.79 Å². The zero-order valence-electron chi connectivity index (χ0n) is 7.52. The Morgan fingerprint density at radius 1 is 1.33 bits per heavy atom. The van der Waals surface area contributed by atoms with E-state index in [2.05, 4.69) is 37.0 Å². The van der Waals surface area contributed by atoms with Crippen LogP contribution in [0.4, 0.5) is 0 Å². The van der Waals surface area contributed by atoms with Crippen LogP contribution in [0.25, 0.3) is 5.69 Å². The van der Waals surface area contributed by atoms with E-state index >= 15 is 0 Å². The number of aldehydes is 1. The lowest BCUT2D eigenvalue weighted by molar-refractivity contribution is 0.112. The molecule has 0 N–H and O–H groups in total. The second-order valence-electron chi connectivity index (χ2n) is 2.90. The normalized spacial score (nSPS) is 10.3. The van der Waals surface area contributed by atoms with Crippen LogP contribution in [-0.4, -0.2) is 16.1 Å². The van der Waals surface area contributed by atoms with Crippen molar-refractivity contribution in [1.82, 2.24) is 9.78 Å². The summed E-state index contributed by atoms with van der Waals surface area (Å²) in [5, 5.41) is 4.12. The molecule has 0 atom stereocenters. The third-order valence-electron chi connectivity index (χ3n) is 1.92. The molecule has 2 aromatic rings. The summed E-state index contributed by atoms with van der Waals surface area (Å²) in [7, 11) is 0. The summed E-state index contributed by atoms with van der Waals surface area (Å²) in [6.45, 7) is 0. The third-order valence-corrected chi connectivity index (χ3v) is 3.20. The van der Waals surface area contributed by atoms with Crippen LogP contribution in [-0.2, 0) is 0 Å². The Balaban J connectivity index is 2.54. The van der Waals surface area contributed by atoms with Crippen molar-refractivity contribution >= 4 is 38.1 Å². The quantitative estimate of drug-likeness (QED) is 0.793. The molecule has 15 heavy (non-hydrogen) atoms. The zero-order valence-corrected chi connectivity index (χ0v) is 10.7. The Bertz CT molecular complexity index is 508. The lowest BCUT2D eigenvalue weighted by Gasteiger charge is -2.03. The van der Waals surface area contributed by atoms with E-state index in [0.29, 0.717) is 10.2 Å². The fraction of sp³-hybridized carbons (Fsp3) is 0. The van der Waals surface area contributed by atoms with Gasteiger partial charge in [0, 0.05) is 4.47 Å². The second kappa shape index (κ2) is 4.28. The Morgan fingerprint density at radius 3 is 2.73 bits per heavy atom. The molecule has 0 unspecified atom stereocenters. The molecule has 0 fully saturated rings. The zero-order chi connectivity index (χ0) is 10.8. The van der Waals surface area contributed by atoms with Gasteiger partial charge >= 0.3 is 0 Å². The van der Waals surface area contributed by atoms with Gasteiger partial charge in [-0.1, -0.05) is 22.0 Å². The SMILES string of the molecule is O=Cc1cnn(-c2cccc(Br)c2)c1Br. The summed E-state index contributed by atoms with van der Waals surface area (Å²) in [4.78, 5) is 10.6. The molecule has 76 valence electrons. The Labute approximate surface area is 103 Å². The largest absolute Gasteiger partial charge is 0.298 e. The number of hydrogen-bond acceptors (Lipinski definition) is 2. The lowest BCUT2D eigenvalue weighted by Crippen LogP contribution is -1.96. The van der Waals surface area contributed by atoms with E-state index in [1.807, 2.05) is 24.3 Å². The molecule has 0 saturated heterocycles. The molecule has 5 heteroatoms. The van der Waals surface area contributed by atoms with Crippen molar-refractivity contribution in [1.29, 1.82) is 0 Å². The molecular formula is C10H6Br2N2O. The van der Waals surface area contributed by atoms with Crippen LogP contribution in [0.2, 0.25) is 0 Å². The van der Waals surface area contributed by atoms with Crippen LogP contribution in [0, 0.1) is 0 Å². The maximum Gasteiger partial charge on any atom is 0.154 e. The fourth-order valence-electron chi connectivity index (χ4n) is 1.21. The van der Waals surface area contributed by atoms with E-state index in [1.54, 1.807) is 4.68 Å². The number of carbonyl (C=O) groups excluding carboxylic acids is 1. The summed E-state index contributed by atoms with van der Waals surface area (Å²) in [5.74, 6) is 0. The average molecular weight is 330 g/mol. The van der Waals surface area contributed by atoms with E-state index in [-0.39, 0.29) is 0 Å². The van der Waals surface area contributed by atoms with Crippen molar-refractivity contribution in [3.05, 3.63) is 45.1 Å². The van der Waals surface area contributed by atoms with Crippen LogP contribution in [0.1, 0.15) is 10.4 Å². The van der Waals surface area contributed by atoms with Crippen molar-refractivity contribution in [3.63, 3.8) is 0 Å². The molecule has 0 spiro atoms. The van der Waals surface area contributed by atoms with Gasteiger partial charge in [0.05, 0.1) is 17.4 Å². The number of aromatic nitrogens is 2. The van der Waals surface area contributed by atoms with Crippen molar-refractivity contribution in [2.45, 2.75) is 0 Å². The summed E-state index contributed by atoms with van der Waals surface area (Å²) < 4.78 is 3.29. The van der Waals surface area contributed by atoms with Gasteiger partial charge in [-0.3, -0.25) is 4.79 Å². The van der Waals surface area contributed by atoms with Gasteiger partial charge in [0.2, 0.25) is 0 Å². The van der Waals surface area contributed by atoms with Gasteiger partial charge in [-0.05, 0) is 34.1 Å². The molecule has 0 amide bonds. The van der Waals surface area contributed by atoms with Crippen molar-refractivity contribution in [3.8, 4) is 5.69 Å². The summed E-state index contributed by atoms with van der Waals surface area (Å²) in [5.41, 5.74) is 1.43. The highest BCUT2D eigenvalue weighted by Crippen LogP contribution is 2.21. The number of benzene rings is 1. The number of rotatable bonds is 2. The van der Waals surface area contributed by atoms with E-state index < -0.39 is 0 Å². The van der Waals surface area contributed by atoms with Crippen LogP contribution in [0.15, 0.2) is 39.5 Å². The number of halogens is 2. The van der Waals surface area contributed by atoms with Gasteiger partial charge in [0.15, 0.2) is 6.29 Å². The molecule has 0 aliphatic rings. The molecule has 1 heterocycles. The second-order valence-corrected chi connectivity index (χ2v) is 4.57. The highest BCUT2D eigenvalue weighted by Gasteiger charge is 2.08. The lowest BCUT2D eigenvalue weighted by atomic mass is 10.3. The van der Waals surface area contributed by atoms with Crippen LogP contribution in [0.3, 0.4) is 0 Å². The van der Waals surface area contributed by atoms with Crippen molar-refractivity contribution in [2.75, 3.05) is 0 Å². The Hall–Kier alpha value is -0.940. The van der Waals surface area contributed by atoms with E-state index in [0.717, 1.165) is 16.4 Å². The first kappa shape index (κ1) is 10.6. The third kappa shape index (κ3) is 2.03. The Kier molecular flexibility index (Phi) is 3.02. The molecule has 0 aliphatic heterocycles. The average Bonchev–Trinajstić information content (AvgIpc) is 2.59. The van der Waals surface area contributed by atoms with Gasteiger partial charge < -0.3 is 0 Å². The predicted molar refractivity (Wildman–Crippen MR) is 64.4 cm³/mol. The Morgan fingerprint density at radius 2 is 2.13 bits per heavy atom. The van der Waals surface area contributed by atoms with Crippen LogP contribution in [0.5, 0.6) is 0 Å². The number of nitrogens with zero attached hydrogens (tertiary/aromatic N) is 2. The molecule has 0 saturated carbocycles. The molecule has 0 bridgehead atoms. The minimum Gasteiger partial charge on any atom is -0.298 e. The standard InChI is InChI=1S/C10H6Br2N2O/c11-8-2-1-3-9(4-8)14-10(12)7(6-15)5-13-14/h1-6H. The topological polar surface area (TPSA) is 34.9 Å². The maximum atomic E-state index is 10.6. The highest BCUT2D eigenvalue weighted by atomic mass is 79.9. The first-order valence-corrected chi connectivity index (χ1v) is 5.75. The minimum absolute atomic E-state index is 0.537.